The first-order valence-electron chi connectivity index (χ1n) is 11.3. The Labute approximate surface area is 187 Å². The number of halogens is 2. The van der Waals surface area contributed by atoms with Gasteiger partial charge in [-0.05, 0) is 68.6 Å². The van der Waals surface area contributed by atoms with Gasteiger partial charge >= 0.3 is 0 Å². The van der Waals surface area contributed by atoms with Gasteiger partial charge in [0, 0.05) is 30.3 Å². The van der Waals surface area contributed by atoms with Gasteiger partial charge in [0.1, 0.15) is 11.6 Å². The molecule has 0 radical (unpaired) electrons. The first kappa shape index (κ1) is 22.2. The van der Waals surface area contributed by atoms with E-state index < -0.39 is 11.6 Å². The summed E-state index contributed by atoms with van der Waals surface area (Å²) >= 11 is 0. The zero-order chi connectivity index (χ0) is 22.5. The van der Waals surface area contributed by atoms with E-state index in [4.69, 9.17) is 0 Å². The normalized spacial score (nSPS) is 16.8. The summed E-state index contributed by atoms with van der Waals surface area (Å²) in [6.45, 7) is 5.15. The minimum Gasteiger partial charge on any atom is -0.507 e. The SMILES string of the molecule is CC1CCCCN1CCCNc1cc(-c2cccc(F)c2F)cc(-c2ccccc2O)n1. The number of phenols is 1. The maximum Gasteiger partial charge on any atom is 0.166 e. The predicted molar refractivity (Wildman–Crippen MR) is 125 cm³/mol. The van der Waals surface area contributed by atoms with Crippen LogP contribution in [0.25, 0.3) is 22.4 Å². The number of benzene rings is 2. The Balaban J connectivity index is 1.57. The molecule has 0 saturated carbocycles. The van der Waals surface area contributed by atoms with Gasteiger partial charge in [-0.2, -0.15) is 0 Å². The number of nitrogens with zero attached hydrogens (tertiary/aromatic N) is 2. The van der Waals surface area contributed by atoms with Crippen LogP contribution in [0.3, 0.4) is 0 Å². The number of aromatic hydroxyl groups is 1. The van der Waals surface area contributed by atoms with Crippen LogP contribution in [0.4, 0.5) is 14.6 Å². The molecule has 2 aromatic carbocycles. The number of piperidine rings is 1. The van der Waals surface area contributed by atoms with Crippen molar-refractivity contribution >= 4 is 5.82 Å². The first-order valence-corrected chi connectivity index (χ1v) is 11.3. The number of nitrogens with one attached hydrogen (secondary N) is 1. The van der Waals surface area contributed by atoms with Crippen molar-refractivity contribution < 1.29 is 13.9 Å². The molecule has 32 heavy (non-hydrogen) atoms. The van der Waals surface area contributed by atoms with Gasteiger partial charge in [0.25, 0.3) is 0 Å². The van der Waals surface area contributed by atoms with Gasteiger partial charge in [0.2, 0.25) is 0 Å². The molecule has 1 aromatic heterocycles. The highest BCUT2D eigenvalue weighted by Gasteiger charge is 2.18. The molecule has 0 aliphatic carbocycles. The second kappa shape index (κ2) is 10.1. The number of rotatable bonds is 7. The summed E-state index contributed by atoms with van der Waals surface area (Å²) in [5.41, 5.74) is 1.70. The van der Waals surface area contributed by atoms with Crippen molar-refractivity contribution in [3.05, 3.63) is 66.2 Å². The molecule has 1 aliphatic heterocycles. The van der Waals surface area contributed by atoms with E-state index in [-0.39, 0.29) is 11.3 Å². The predicted octanol–water partition coefficient (Wildman–Crippen LogP) is 6.08. The first-order chi connectivity index (χ1) is 15.5. The number of anilines is 1. The topological polar surface area (TPSA) is 48.4 Å². The summed E-state index contributed by atoms with van der Waals surface area (Å²) in [6.07, 6.45) is 4.76. The van der Waals surface area contributed by atoms with Gasteiger partial charge in [0.05, 0.1) is 5.69 Å². The quantitative estimate of drug-likeness (QED) is 0.440. The number of hydrogen-bond donors (Lipinski definition) is 2. The average Bonchev–Trinajstić information content (AvgIpc) is 2.80. The van der Waals surface area contributed by atoms with Gasteiger partial charge in [-0.25, -0.2) is 13.8 Å². The summed E-state index contributed by atoms with van der Waals surface area (Å²) in [5, 5.41) is 13.6. The summed E-state index contributed by atoms with van der Waals surface area (Å²) in [7, 11) is 0. The molecule has 1 saturated heterocycles. The van der Waals surface area contributed by atoms with Crippen molar-refractivity contribution in [1.29, 1.82) is 0 Å². The van der Waals surface area contributed by atoms with E-state index in [1.54, 1.807) is 42.5 Å². The van der Waals surface area contributed by atoms with E-state index in [1.165, 1.54) is 25.3 Å². The van der Waals surface area contributed by atoms with Crippen molar-refractivity contribution in [2.45, 2.75) is 38.6 Å². The number of pyridine rings is 1. The monoisotopic (exact) mass is 437 g/mol. The third-order valence-electron chi connectivity index (χ3n) is 6.14. The third kappa shape index (κ3) is 5.07. The summed E-state index contributed by atoms with van der Waals surface area (Å²) in [6, 6.07) is 15.0. The third-order valence-corrected chi connectivity index (χ3v) is 6.14. The van der Waals surface area contributed by atoms with Crippen LogP contribution in [0.5, 0.6) is 5.75 Å². The number of hydrogen-bond acceptors (Lipinski definition) is 4. The smallest absolute Gasteiger partial charge is 0.166 e. The fourth-order valence-corrected chi connectivity index (χ4v) is 4.32. The number of phenolic OH excluding ortho intramolecular Hbond substituents is 1. The second-order valence-corrected chi connectivity index (χ2v) is 8.41. The van der Waals surface area contributed by atoms with Gasteiger partial charge in [-0.15, -0.1) is 0 Å². The van der Waals surface area contributed by atoms with Crippen LogP contribution in [0.2, 0.25) is 0 Å². The van der Waals surface area contributed by atoms with Crippen LogP contribution >= 0.6 is 0 Å². The highest BCUT2D eigenvalue weighted by atomic mass is 19.2. The molecular formula is C26H29F2N3O. The van der Waals surface area contributed by atoms with E-state index >= 15 is 0 Å². The Hall–Kier alpha value is -2.99. The number of aromatic nitrogens is 1. The highest BCUT2D eigenvalue weighted by Crippen LogP contribution is 2.33. The summed E-state index contributed by atoms with van der Waals surface area (Å²) < 4.78 is 28.4. The molecule has 4 nitrogen and oxygen atoms in total. The van der Waals surface area contributed by atoms with Gasteiger partial charge < -0.3 is 15.3 Å². The lowest BCUT2D eigenvalue weighted by Crippen LogP contribution is -2.38. The van der Waals surface area contributed by atoms with E-state index in [0.29, 0.717) is 35.2 Å². The minimum absolute atomic E-state index is 0.0851. The molecule has 1 fully saturated rings. The maximum atomic E-state index is 14.5. The molecule has 1 atom stereocenters. The molecular weight excluding hydrogens is 408 g/mol. The van der Waals surface area contributed by atoms with E-state index in [0.717, 1.165) is 25.6 Å². The van der Waals surface area contributed by atoms with Crippen molar-refractivity contribution in [3.63, 3.8) is 0 Å². The molecule has 4 rings (SSSR count). The number of likely N-dealkylation sites (tertiary alicyclic amines) is 1. The lowest BCUT2D eigenvalue weighted by atomic mass is 10.0. The van der Waals surface area contributed by atoms with Crippen LogP contribution in [0.15, 0.2) is 54.6 Å². The van der Waals surface area contributed by atoms with Crippen LogP contribution in [-0.4, -0.2) is 40.7 Å². The Bertz CT molecular complexity index is 1070. The fourth-order valence-electron chi connectivity index (χ4n) is 4.32. The van der Waals surface area contributed by atoms with E-state index in [1.807, 2.05) is 0 Å². The Morgan fingerprint density at radius 3 is 2.69 bits per heavy atom. The van der Waals surface area contributed by atoms with Crippen LogP contribution in [0, 0.1) is 11.6 Å². The molecule has 2 heterocycles. The minimum atomic E-state index is -0.896. The number of para-hydroxylation sites is 1. The Morgan fingerprint density at radius 1 is 1.06 bits per heavy atom. The molecule has 0 amide bonds. The van der Waals surface area contributed by atoms with Crippen LogP contribution < -0.4 is 5.32 Å². The Morgan fingerprint density at radius 2 is 1.88 bits per heavy atom. The largest absolute Gasteiger partial charge is 0.507 e. The average molecular weight is 438 g/mol. The lowest BCUT2D eigenvalue weighted by molar-refractivity contribution is 0.160. The van der Waals surface area contributed by atoms with Crippen molar-refractivity contribution in [1.82, 2.24) is 9.88 Å². The van der Waals surface area contributed by atoms with Crippen molar-refractivity contribution in [2.75, 3.05) is 25.0 Å². The zero-order valence-electron chi connectivity index (χ0n) is 18.3. The van der Waals surface area contributed by atoms with Crippen molar-refractivity contribution in [3.8, 4) is 28.1 Å². The fraction of sp³-hybridized carbons (Fsp3) is 0.346. The standard InChI is InChI=1S/C26H29F2N3O/c1-18-8-4-5-14-31(18)15-7-13-29-25-17-19(20-10-6-11-22(27)26(20)28)16-23(30-25)21-9-2-3-12-24(21)32/h2-3,6,9-12,16-18,32H,4-5,7-8,13-15H2,1H3,(H,29,30). The van der Waals surface area contributed by atoms with Crippen molar-refractivity contribution in [2.24, 2.45) is 0 Å². The molecule has 0 spiro atoms. The van der Waals surface area contributed by atoms with Gasteiger partial charge in [0.15, 0.2) is 11.6 Å². The molecule has 1 unspecified atom stereocenters. The molecule has 6 heteroatoms. The summed E-state index contributed by atoms with van der Waals surface area (Å²) in [4.78, 5) is 7.16. The second-order valence-electron chi connectivity index (χ2n) is 8.41. The van der Waals surface area contributed by atoms with Gasteiger partial charge in [-0.3, -0.25) is 0 Å². The Kier molecular flexibility index (Phi) is 7.00. The van der Waals surface area contributed by atoms with Crippen LogP contribution in [0.1, 0.15) is 32.6 Å². The van der Waals surface area contributed by atoms with Crippen LogP contribution in [-0.2, 0) is 0 Å². The highest BCUT2D eigenvalue weighted by molar-refractivity contribution is 5.76. The van der Waals surface area contributed by atoms with Gasteiger partial charge in [-0.1, -0.05) is 30.7 Å². The molecule has 1 aliphatic rings. The lowest BCUT2D eigenvalue weighted by Gasteiger charge is -2.33. The zero-order valence-corrected chi connectivity index (χ0v) is 18.3. The molecule has 168 valence electrons. The molecule has 3 aromatic rings. The van der Waals surface area contributed by atoms with E-state index in [9.17, 15) is 13.9 Å². The molecule has 2 N–H and O–H groups in total. The van der Waals surface area contributed by atoms with E-state index in [2.05, 4.69) is 22.1 Å². The molecule has 0 bridgehead atoms. The summed E-state index contributed by atoms with van der Waals surface area (Å²) in [5.74, 6) is -1.14. The maximum absolute atomic E-state index is 14.5.